The van der Waals surface area contributed by atoms with Gasteiger partial charge in [0.15, 0.2) is 5.11 Å². The van der Waals surface area contributed by atoms with E-state index in [0.717, 1.165) is 81.2 Å². The van der Waals surface area contributed by atoms with Gasteiger partial charge in [-0.3, -0.25) is 19.4 Å². The Morgan fingerprint density at radius 3 is 2.32 bits per heavy atom. The number of nitrogens with zero attached hydrogens (tertiary/aromatic N) is 5. The third kappa shape index (κ3) is 6.79. The molecule has 0 aromatic heterocycles. The maximum atomic E-state index is 13.5. The summed E-state index contributed by atoms with van der Waals surface area (Å²) in [7, 11) is 0. The summed E-state index contributed by atoms with van der Waals surface area (Å²) >= 11 is 6.90. The standard InChI is InChI=1S/C26H34F3N5O2S2/c1-4-38-24(36)32-15-13-31(14-16-32)11-7-5-6-8-12-33-23(37)34(22(35)25(33,2)3)20-10-9-19(18-30)21(17-20)26(27,28)29/h9-10,17H,4-8,11-16H2,1-3H3. The number of unbranched alkanes of at least 4 members (excludes halogenated alkanes) is 3. The lowest BCUT2D eigenvalue weighted by atomic mass is 10.0. The van der Waals surface area contributed by atoms with E-state index in [2.05, 4.69) is 4.90 Å². The first-order valence-electron chi connectivity index (χ1n) is 12.8. The van der Waals surface area contributed by atoms with Crippen LogP contribution in [0.3, 0.4) is 0 Å². The number of hydrogen-bond acceptors (Lipinski definition) is 6. The van der Waals surface area contributed by atoms with Crippen LogP contribution in [0.1, 0.15) is 57.6 Å². The maximum Gasteiger partial charge on any atom is 0.417 e. The van der Waals surface area contributed by atoms with Gasteiger partial charge in [0.25, 0.3) is 11.1 Å². The Hall–Kier alpha value is -2.36. The number of anilines is 1. The minimum atomic E-state index is -4.72. The summed E-state index contributed by atoms with van der Waals surface area (Å²) in [5, 5.41) is 9.40. The Morgan fingerprint density at radius 2 is 1.74 bits per heavy atom. The number of thioether (sulfide) groups is 1. The number of nitriles is 1. The van der Waals surface area contributed by atoms with Gasteiger partial charge in [0, 0.05) is 32.7 Å². The van der Waals surface area contributed by atoms with E-state index in [9.17, 15) is 22.8 Å². The molecule has 7 nitrogen and oxygen atoms in total. The molecule has 12 heteroatoms. The van der Waals surface area contributed by atoms with Crippen molar-refractivity contribution in [1.29, 1.82) is 5.26 Å². The zero-order valence-corrected chi connectivity index (χ0v) is 23.6. The Kier molecular flexibility index (Phi) is 10.1. The highest BCUT2D eigenvalue weighted by atomic mass is 32.2. The fourth-order valence-corrected chi connectivity index (χ4v) is 5.89. The Balaban J connectivity index is 1.50. The van der Waals surface area contributed by atoms with Gasteiger partial charge >= 0.3 is 6.18 Å². The molecule has 2 heterocycles. The fourth-order valence-electron chi connectivity index (χ4n) is 4.77. The van der Waals surface area contributed by atoms with E-state index in [4.69, 9.17) is 17.5 Å². The number of carbonyl (C=O) groups is 2. The third-order valence-electron chi connectivity index (χ3n) is 7.02. The van der Waals surface area contributed by atoms with Crippen molar-refractivity contribution >= 4 is 45.9 Å². The van der Waals surface area contributed by atoms with Crippen molar-refractivity contribution in [1.82, 2.24) is 14.7 Å². The van der Waals surface area contributed by atoms with Crippen LogP contribution in [0.15, 0.2) is 18.2 Å². The number of carbonyl (C=O) groups excluding carboxylic acids is 2. The Morgan fingerprint density at radius 1 is 1.11 bits per heavy atom. The van der Waals surface area contributed by atoms with Crippen LogP contribution in [0.25, 0.3) is 0 Å². The number of rotatable bonds is 9. The molecule has 0 N–H and O–H groups in total. The van der Waals surface area contributed by atoms with E-state index in [0.29, 0.717) is 6.54 Å². The van der Waals surface area contributed by atoms with E-state index in [1.807, 2.05) is 11.8 Å². The van der Waals surface area contributed by atoms with Crippen LogP contribution < -0.4 is 4.90 Å². The molecule has 1 aromatic carbocycles. The van der Waals surface area contributed by atoms with Crippen molar-refractivity contribution in [3.63, 3.8) is 0 Å². The number of piperazine rings is 1. The number of alkyl halides is 3. The number of benzene rings is 1. The molecule has 0 bridgehead atoms. The zero-order chi connectivity index (χ0) is 28.1. The predicted molar refractivity (Wildman–Crippen MR) is 147 cm³/mol. The fraction of sp³-hybridized carbons (Fsp3) is 0.615. The molecule has 38 heavy (non-hydrogen) atoms. The third-order valence-corrected chi connectivity index (χ3v) is 8.21. The summed E-state index contributed by atoms with van der Waals surface area (Å²) < 4.78 is 40.4. The molecule has 2 amide bonds. The Labute approximate surface area is 231 Å². The average Bonchev–Trinajstić information content (AvgIpc) is 3.04. The van der Waals surface area contributed by atoms with Crippen LogP contribution in [0.2, 0.25) is 0 Å². The molecule has 2 aliphatic rings. The topological polar surface area (TPSA) is 70.9 Å². The van der Waals surface area contributed by atoms with Crippen LogP contribution >= 0.6 is 24.0 Å². The normalized spacial score (nSPS) is 18.3. The molecule has 0 unspecified atom stereocenters. The largest absolute Gasteiger partial charge is 0.417 e. The number of halogens is 3. The van der Waals surface area contributed by atoms with E-state index >= 15 is 0 Å². The van der Waals surface area contributed by atoms with E-state index in [1.54, 1.807) is 24.8 Å². The quantitative estimate of drug-likeness (QED) is 0.294. The second-order valence-corrected chi connectivity index (χ2v) is 11.5. The zero-order valence-electron chi connectivity index (χ0n) is 22.0. The second-order valence-electron chi connectivity index (χ2n) is 9.92. The first-order chi connectivity index (χ1) is 17.9. The molecular formula is C26H34F3N5O2S2. The van der Waals surface area contributed by atoms with E-state index < -0.39 is 28.7 Å². The van der Waals surface area contributed by atoms with Crippen LogP contribution in [0.5, 0.6) is 0 Å². The Bertz CT molecular complexity index is 1080. The van der Waals surface area contributed by atoms with Gasteiger partial charge in [-0.2, -0.15) is 18.4 Å². The first-order valence-corrected chi connectivity index (χ1v) is 14.2. The summed E-state index contributed by atoms with van der Waals surface area (Å²) in [5.41, 5.74) is -2.56. The van der Waals surface area contributed by atoms with Gasteiger partial charge < -0.3 is 9.80 Å². The number of thiocarbonyl (C=S) groups is 1. The minimum Gasteiger partial charge on any atom is -0.334 e. The van der Waals surface area contributed by atoms with Crippen molar-refractivity contribution < 1.29 is 22.8 Å². The first kappa shape index (κ1) is 30.2. The minimum absolute atomic E-state index is 0.0111. The predicted octanol–water partition coefficient (Wildman–Crippen LogP) is 5.34. The van der Waals surface area contributed by atoms with Crippen LogP contribution in [-0.2, 0) is 11.0 Å². The summed E-state index contributed by atoms with van der Waals surface area (Å²) in [5.74, 6) is 0.397. The van der Waals surface area contributed by atoms with Gasteiger partial charge in [-0.05, 0) is 69.4 Å². The molecule has 208 valence electrons. The van der Waals surface area contributed by atoms with Gasteiger partial charge in [-0.15, -0.1) is 0 Å². The monoisotopic (exact) mass is 569 g/mol. The van der Waals surface area contributed by atoms with Crippen molar-refractivity contribution in [2.45, 2.75) is 58.2 Å². The lowest BCUT2D eigenvalue weighted by Crippen LogP contribution is -2.47. The molecule has 0 spiro atoms. The average molecular weight is 570 g/mol. The molecular weight excluding hydrogens is 535 g/mol. The van der Waals surface area contributed by atoms with Crippen LogP contribution in [0.4, 0.5) is 23.7 Å². The van der Waals surface area contributed by atoms with Crippen molar-refractivity contribution in [3.05, 3.63) is 29.3 Å². The summed E-state index contributed by atoms with van der Waals surface area (Å²) in [4.78, 5) is 32.4. The molecule has 3 rings (SSSR count). The molecule has 2 aliphatic heterocycles. The lowest BCUT2D eigenvalue weighted by molar-refractivity contribution is -0.137. The van der Waals surface area contributed by atoms with Gasteiger partial charge in [-0.25, -0.2) is 0 Å². The summed E-state index contributed by atoms with van der Waals surface area (Å²) in [6.45, 7) is 10.2. The molecule has 0 aliphatic carbocycles. The van der Waals surface area contributed by atoms with Crippen LogP contribution in [-0.4, -0.2) is 81.5 Å². The van der Waals surface area contributed by atoms with Crippen molar-refractivity contribution in [2.24, 2.45) is 0 Å². The molecule has 1 aromatic rings. The summed E-state index contributed by atoms with van der Waals surface area (Å²) in [6.07, 6.45) is -0.956. The van der Waals surface area contributed by atoms with Crippen LogP contribution in [0, 0.1) is 11.3 Å². The lowest BCUT2D eigenvalue weighted by Gasteiger charge is -2.34. The number of hydrogen-bond donors (Lipinski definition) is 0. The van der Waals surface area contributed by atoms with Gasteiger partial charge in [-0.1, -0.05) is 31.5 Å². The van der Waals surface area contributed by atoms with Crippen molar-refractivity contribution in [2.75, 3.05) is 49.9 Å². The molecule has 0 radical (unpaired) electrons. The molecule has 2 saturated heterocycles. The SMILES string of the molecule is CCSC(=O)N1CCN(CCCCCCN2C(=S)N(c3ccc(C#N)c(C(F)(F)F)c3)C(=O)C2(C)C)CC1. The molecule has 2 fully saturated rings. The van der Waals surface area contributed by atoms with Gasteiger partial charge in [0.2, 0.25) is 0 Å². The van der Waals surface area contributed by atoms with Crippen molar-refractivity contribution in [3.8, 4) is 6.07 Å². The molecule has 0 saturated carbocycles. The molecule has 0 atom stereocenters. The smallest absolute Gasteiger partial charge is 0.334 e. The highest BCUT2D eigenvalue weighted by molar-refractivity contribution is 8.13. The van der Waals surface area contributed by atoms with Gasteiger partial charge in [0.05, 0.1) is 22.9 Å². The van der Waals surface area contributed by atoms with Gasteiger partial charge in [0.1, 0.15) is 5.54 Å². The number of amides is 2. The summed E-state index contributed by atoms with van der Waals surface area (Å²) in [6, 6.07) is 4.78. The highest BCUT2D eigenvalue weighted by Crippen LogP contribution is 2.38. The van der Waals surface area contributed by atoms with E-state index in [-0.39, 0.29) is 16.0 Å². The second kappa shape index (κ2) is 12.7. The highest BCUT2D eigenvalue weighted by Gasteiger charge is 2.49. The van der Waals surface area contributed by atoms with E-state index in [1.165, 1.54) is 17.8 Å². The maximum absolute atomic E-state index is 13.5.